The molecule has 6 heteroatoms. The van der Waals surface area contributed by atoms with Crippen LogP contribution in [0.1, 0.15) is 0 Å². The van der Waals surface area contributed by atoms with E-state index in [0.717, 1.165) is 16.8 Å². The quantitative estimate of drug-likeness (QED) is 0.605. The fraction of sp³-hybridized carbons (Fsp3) is 0. The highest BCUT2D eigenvalue weighted by atomic mass is 35.5. The van der Waals surface area contributed by atoms with Crippen LogP contribution < -0.4 is 0 Å². The third-order valence-corrected chi connectivity index (χ3v) is 3.62. The van der Waals surface area contributed by atoms with E-state index in [-0.39, 0.29) is 0 Å². The lowest BCUT2D eigenvalue weighted by molar-refractivity contribution is 0.431. The Hall–Kier alpha value is -2.92. The van der Waals surface area contributed by atoms with Crippen LogP contribution >= 0.6 is 11.6 Å². The Bertz CT molecular complexity index is 946. The first-order valence-electron chi connectivity index (χ1n) is 7.00. The molecule has 1 N–H and O–H groups in total. The molecule has 4 aromatic rings. The first kappa shape index (κ1) is 13.7. The number of H-pyrrole nitrogens is 1. The maximum Gasteiger partial charge on any atom is 0.276 e. The molecule has 2 heterocycles. The van der Waals surface area contributed by atoms with Gasteiger partial charge in [-0.2, -0.15) is 10.1 Å². The molecule has 0 atom stereocenters. The molecule has 0 unspecified atom stereocenters. The van der Waals surface area contributed by atoms with Gasteiger partial charge in [-0.3, -0.25) is 5.10 Å². The van der Waals surface area contributed by atoms with Gasteiger partial charge in [-0.05, 0) is 18.2 Å². The van der Waals surface area contributed by atoms with Gasteiger partial charge in [-0.25, -0.2) is 0 Å². The molecule has 0 radical (unpaired) electrons. The van der Waals surface area contributed by atoms with Crippen molar-refractivity contribution in [1.29, 1.82) is 0 Å². The van der Waals surface area contributed by atoms with Gasteiger partial charge in [0.1, 0.15) is 5.69 Å². The van der Waals surface area contributed by atoms with Gasteiger partial charge in [0.25, 0.3) is 5.89 Å². The molecular weight excluding hydrogens is 312 g/mol. The highest BCUT2D eigenvalue weighted by Crippen LogP contribution is 2.26. The topological polar surface area (TPSA) is 67.6 Å². The zero-order chi connectivity index (χ0) is 15.6. The summed E-state index contributed by atoms with van der Waals surface area (Å²) >= 11 is 6.01. The van der Waals surface area contributed by atoms with Crippen LogP contribution in [0, 0.1) is 0 Å². The minimum Gasteiger partial charge on any atom is -0.332 e. The van der Waals surface area contributed by atoms with Crippen LogP contribution in [-0.4, -0.2) is 20.3 Å². The summed E-state index contributed by atoms with van der Waals surface area (Å²) in [5, 5.41) is 11.9. The number of aromatic amines is 1. The van der Waals surface area contributed by atoms with E-state index in [1.165, 1.54) is 0 Å². The van der Waals surface area contributed by atoms with Crippen LogP contribution in [0.3, 0.4) is 0 Å². The van der Waals surface area contributed by atoms with Crippen molar-refractivity contribution in [1.82, 2.24) is 20.3 Å². The first-order valence-corrected chi connectivity index (χ1v) is 7.38. The summed E-state index contributed by atoms with van der Waals surface area (Å²) in [6.45, 7) is 0. The number of halogens is 1. The Kier molecular flexibility index (Phi) is 3.40. The number of nitrogens with zero attached hydrogens (tertiary/aromatic N) is 3. The van der Waals surface area contributed by atoms with E-state index in [4.69, 9.17) is 16.1 Å². The van der Waals surface area contributed by atoms with Gasteiger partial charge in [0.15, 0.2) is 0 Å². The SMILES string of the molecule is Clc1cccc(-c2cc(-c3nc(-c4ccccc4)no3)[nH]n2)c1. The number of hydrogen-bond acceptors (Lipinski definition) is 4. The zero-order valence-electron chi connectivity index (χ0n) is 11.9. The molecule has 0 amide bonds. The minimum atomic E-state index is 0.393. The number of hydrogen-bond donors (Lipinski definition) is 1. The van der Waals surface area contributed by atoms with E-state index < -0.39 is 0 Å². The Balaban J connectivity index is 1.66. The number of rotatable bonds is 3. The molecule has 0 spiro atoms. The number of aromatic nitrogens is 4. The van der Waals surface area contributed by atoms with Crippen LogP contribution in [0.25, 0.3) is 34.2 Å². The number of benzene rings is 2. The molecule has 112 valence electrons. The van der Waals surface area contributed by atoms with Crippen LogP contribution in [-0.2, 0) is 0 Å². The van der Waals surface area contributed by atoms with E-state index >= 15 is 0 Å². The second kappa shape index (κ2) is 5.70. The molecule has 0 fully saturated rings. The first-order chi connectivity index (χ1) is 11.3. The summed E-state index contributed by atoms with van der Waals surface area (Å²) in [4.78, 5) is 4.40. The molecule has 4 rings (SSSR count). The molecule has 2 aromatic heterocycles. The van der Waals surface area contributed by atoms with Gasteiger partial charge in [0.2, 0.25) is 5.82 Å². The summed E-state index contributed by atoms with van der Waals surface area (Å²) in [6, 6.07) is 19.0. The summed E-state index contributed by atoms with van der Waals surface area (Å²) in [6.07, 6.45) is 0. The van der Waals surface area contributed by atoms with Gasteiger partial charge >= 0.3 is 0 Å². The van der Waals surface area contributed by atoms with E-state index in [2.05, 4.69) is 20.3 Å². The highest BCUT2D eigenvalue weighted by molar-refractivity contribution is 6.30. The molecule has 0 bridgehead atoms. The standard InChI is InChI=1S/C17H11ClN4O/c18-13-8-4-7-12(9-13)14-10-15(21-20-14)17-19-16(22-23-17)11-5-2-1-3-6-11/h1-10H,(H,20,21). The van der Waals surface area contributed by atoms with Crippen molar-refractivity contribution in [2.45, 2.75) is 0 Å². The second-order valence-corrected chi connectivity index (χ2v) is 5.40. The van der Waals surface area contributed by atoms with Crippen LogP contribution in [0.4, 0.5) is 0 Å². The van der Waals surface area contributed by atoms with E-state index in [0.29, 0.717) is 22.4 Å². The van der Waals surface area contributed by atoms with E-state index in [9.17, 15) is 0 Å². The maximum absolute atomic E-state index is 6.01. The Morgan fingerprint density at radius 1 is 0.913 bits per heavy atom. The van der Waals surface area contributed by atoms with Gasteiger partial charge in [-0.15, -0.1) is 0 Å². The normalized spacial score (nSPS) is 10.8. The van der Waals surface area contributed by atoms with Crippen molar-refractivity contribution in [2.75, 3.05) is 0 Å². The molecular formula is C17H11ClN4O. The van der Waals surface area contributed by atoms with Gasteiger partial charge in [0, 0.05) is 16.1 Å². The zero-order valence-corrected chi connectivity index (χ0v) is 12.7. The average Bonchev–Trinajstić information content (AvgIpc) is 3.25. The predicted octanol–water partition coefficient (Wildman–Crippen LogP) is 4.45. The van der Waals surface area contributed by atoms with Gasteiger partial charge in [-0.1, -0.05) is 59.2 Å². The molecule has 23 heavy (non-hydrogen) atoms. The van der Waals surface area contributed by atoms with E-state index in [1.807, 2.05) is 60.7 Å². The van der Waals surface area contributed by atoms with Gasteiger partial charge in [0.05, 0.1) is 5.69 Å². The van der Waals surface area contributed by atoms with E-state index in [1.54, 1.807) is 0 Å². The predicted molar refractivity (Wildman–Crippen MR) is 87.8 cm³/mol. The lowest BCUT2D eigenvalue weighted by Gasteiger charge is -1.95. The van der Waals surface area contributed by atoms with Crippen molar-refractivity contribution in [3.63, 3.8) is 0 Å². The maximum atomic E-state index is 6.01. The molecule has 5 nitrogen and oxygen atoms in total. The highest BCUT2D eigenvalue weighted by Gasteiger charge is 2.13. The van der Waals surface area contributed by atoms with Crippen molar-refractivity contribution in [2.24, 2.45) is 0 Å². The van der Waals surface area contributed by atoms with Crippen molar-refractivity contribution in [3.8, 4) is 34.2 Å². The third kappa shape index (κ3) is 2.74. The van der Waals surface area contributed by atoms with Crippen molar-refractivity contribution >= 4 is 11.6 Å². The number of nitrogens with one attached hydrogen (secondary N) is 1. The lowest BCUT2D eigenvalue weighted by atomic mass is 10.1. The molecule has 0 aliphatic carbocycles. The fourth-order valence-electron chi connectivity index (χ4n) is 2.26. The molecule has 2 aromatic carbocycles. The Morgan fingerprint density at radius 3 is 2.57 bits per heavy atom. The monoisotopic (exact) mass is 322 g/mol. The Morgan fingerprint density at radius 2 is 1.74 bits per heavy atom. The van der Waals surface area contributed by atoms with Crippen molar-refractivity contribution < 1.29 is 4.52 Å². The molecule has 0 aliphatic heterocycles. The minimum absolute atomic E-state index is 0.393. The lowest BCUT2D eigenvalue weighted by Crippen LogP contribution is -1.80. The smallest absolute Gasteiger partial charge is 0.276 e. The molecule has 0 saturated heterocycles. The summed E-state index contributed by atoms with van der Waals surface area (Å²) < 4.78 is 5.32. The largest absolute Gasteiger partial charge is 0.332 e. The second-order valence-electron chi connectivity index (χ2n) is 4.97. The molecule has 0 aliphatic rings. The van der Waals surface area contributed by atoms with Gasteiger partial charge < -0.3 is 4.52 Å². The summed E-state index contributed by atoms with van der Waals surface area (Å²) in [5.74, 6) is 0.934. The molecule has 0 saturated carbocycles. The third-order valence-electron chi connectivity index (χ3n) is 3.39. The summed E-state index contributed by atoms with van der Waals surface area (Å²) in [7, 11) is 0. The van der Waals surface area contributed by atoms with Crippen LogP contribution in [0.5, 0.6) is 0 Å². The van der Waals surface area contributed by atoms with Crippen LogP contribution in [0.15, 0.2) is 65.2 Å². The van der Waals surface area contributed by atoms with Crippen molar-refractivity contribution in [3.05, 3.63) is 65.7 Å². The van der Waals surface area contributed by atoms with Crippen LogP contribution in [0.2, 0.25) is 5.02 Å². The Labute approximate surface area is 136 Å². The summed E-state index contributed by atoms with van der Waals surface area (Å²) in [5.41, 5.74) is 3.25. The fourth-order valence-corrected chi connectivity index (χ4v) is 2.45. The average molecular weight is 323 g/mol.